The molecule has 1 aromatic carbocycles. The number of halogens is 1. The van der Waals surface area contributed by atoms with E-state index in [4.69, 9.17) is 11.6 Å². The van der Waals surface area contributed by atoms with Crippen molar-refractivity contribution in [3.8, 4) is 0 Å². The lowest BCUT2D eigenvalue weighted by Gasteiger charge is -2.21. The molecule has 3 rings (SSSR count). The van der Waals surface area contributed by atoms with Crippen LogP contribution in [0.1, 0.15) is 6.42 Å². The normalized spacial score (nSPS) is 15.9. The molecular formula is C12H11ClN2S. The molecule has 0 aliphatic carbocycles. The summed E-state index contributed by atoms with van der Waals surface area (Å²) in [7, 11) is 0. The van der Waals surface area contributed by atoms with Crippen LogP contribution in [0.25, 0.3) is 10.2 Å². The van der Waals surface area contributed by atoms with Crippen LogP contribution in [0.2, 0.25) is 5.02 Å². The summed E-state index contributed by atoms with van der Waals surface area (Å²) in [5, 5.41) is 1.82. The molecule has 2 heterocycles. The van der Waals surface area contributed by atoms with Crippen molar-refractivity contribution in [2.75, 3.05) is 18.0 Å². The second kappa shape index (κ2) is 4.07. The van der Waals surface area contributed by atoms with Gasteiger partial charge in [0.25, 0.3) is 0 Å². The maximum absolute atomic E-state index is 6.12. The third-order valence-electron chi connectivity index (χ3n) is 2.69. The summed E-state index contributed by atoms with van der Waals surface area (Å²) in [5.74, 6) is 0. The molecule has 0 fully saturated rings. The Bertz CT molecular complexity index is 547. The molecular weight excluding hydrogens is 240 g/mol. The largest absolute Gasteiger partial charge is 0.344 e. The van der Waals surface area contributed by atoms with Gasteiger partial charge in [0.05, 0.1) is 9.72 Å². The van der Waals surface area contributed by atoms with Crippen molar-refractivity contribution < 1.29 is 0 Å². The van der Waals surface area contributed by atoms with E-state index in [1.807, 2.05) is 12.1 Å². The van der Waals surface area contributed by atoms with E-state index >= 15 is 0 Å². The lowest BCUT2D eigenvalue weighted by atomic mass is 10.3. The standard InChI is InChI=1S/C12H11ClN2S/c13-9-5-4-6-10-11(9)14-12(16-10)15-7-2-1-3-8-15/h1-2,4-6H,3,7-8H2. The highest BCUT2D eigenvalue weighted by Crippen LogP contribution is 2.33. The molecule has 0 bridgehead atoms. The third-order valence-corrected chi connectivity index (χ3v) is 4.07. The predicted octanol–water partition coefficient (Wildman–Crippen LogP) is 3.72. The summed E-state index contributed by atoms with van der Waals surface area (Å²) in [5.41, 5.74) is 0.929. The molecule has 1 aromatic heterocycles. The van der Waals surface area contributed by atoms with Gasteiger partial charge in [0.2, 0.25) is 0 Å². The van der Waals surface area contributed by atoms with Crippen molar-refractivity contribution in [1.29, 1.82) is 0 Å². The molecule has 0 saturated heterocycles. The molecule has 2 aromatic rings. The summed E-state index contributed by atoms with van der Waals surface area (Å²) in [6.45, 7) is 2.01. The number of hydrogen-bond donors (Lipinski definition) is 0. The number of rotatable bonds is 1. The van der Waals surface area contributed by atoms with E-state index in [1.54, 1.807) is 11.3 Å². The van der Waals surface area contributed by atoms with Gasteiger partial charge in [-0.05, 0) is 18.6 Å². The van der Waals surface area contributed by atoms with Crippen molar-refractivity contribution in [1.82, 2.24) is 4.98 Å². The van der Waals surface area contributed by atoms with E-state index in [2.05, 4.69) is 28.1 Å². The average Bonchev–Trinajstić information content (AvgIpc) is 2.76. The smallest absolute Gasteiger partial charge is 0.186 e. The van der Waals surface area contributed by atoms with Gasteiger partial charge in [0.15, 0.2) is 5.13 Å². The molecule has 0 atom stereocenters. The van der Waals surface area contributed by atoms with Crippen LogP contribution in [0, 0.1) is 0 Å². The Morgan fingerprint density at radius 2 is 2.25 bits per heavy atom. The van der Waals surface area contributed by atoms with E-state index in [0.717, 1.165) is 39.9 Å². The lowest BCUT2D eigenvalue weighted by Crippen LogP contribution is -2.26. The summed E-state index contributed by atoms with van der Waals surface area (Å²) < 4.78 is 1.16. The average molecular weight is 251 g/mol. The van der Waals surface area contributed by atoms with Gasteiger partial charge in [0.1, 0.15) is 5.52 Å². The Morgan fingerprint density at radius 1 is 1.31 bits per heavy atom. The summed E-state index contributed by atoms with van der Waals surface area (Å²) in [6.07, 6.45) is 5.51. The molecule has 0 N–H and O–H groups in total. The quantitative estimate of drug-likeness (QED) is 0.718. The first kappa shape index (κ1) is 10.1. The highest BCUT2D eigenvalue weighted by Gasteiger charge is 2.13. The van der Waals surface area contributed by atoms with Gasteiger partial charge in [-0.25, -0.2) is 4.98 Å². The molecule has 1 aliphatic heterocycles. The monoisotopic (exact) mass is 250 g/mol. The van der Waals surface area contributed by atoms with E-state index in [0.29, 0.717) is 0 Å². The number of anilines is 1. The van der Waals surface area contributed by atoms with Crippen LogP contribution in [0.4, 0.5) is 5.13 Å². The zero-order chi connectivity index (χ0) is 11.0. The zero-order valence-electron chi connectivity index (χ0n) is 8.69. The fourth-order valence-corrected chi connectivity index (χ4v) is 3.15. The van der Waals surface area contributed by atoms with Gasteiger partial charge in [-0.1, -0.05) is 41.2 Å². The molecule has 16 heavy (non-hydrogen) atoms. The van der Waals surface area contributed by atoms with Crippen LogP contribution in [-0.4, -0.2) is 18.1 Å². The number of benzene rings is 1. The van der Waals surface area contributed by atoms with Crippen LogP contribution in [0.3, 0.4) is 0 Å². The maximum atomic E-state index is 6.12. The van der Waals surface area contributed by atoms with E-state index in [9.17, 15) is 0 Å². The maximum Gasteiger partial charge on any atom is 0.186 e. The molecule has 82 valence electrons. The van der Waals surface area contributed by atoms with Gasteiger partial charge in [-0.2, -0.15) is 0 Å². The number of fused-ring (bicyclic) bond motifs is 1. The Labute approximate surface area is 103 Å². The summed E-state index contributed by atoms with van der Waals surface area (Å²) in [6, 6.07) is 5.94. The van der Waals surface area contributed by atoms with Gasteiger partial charge in [-0.3, -0.25) is 0 Å². The molecule has 0 unspecified atom stereocenters. The fourth-order valence-electron chi connectivity index (χ4n) is 1.85. The number of hydrogen-bond acceptors (Lipinski definition) is 3. The second-order valence-corrected chi connectivity index (χ2v) is 5.21. The summed E-state index contributed by atoms with van der Waals surface area (Å²) in [4.78, 5) is 6.91. The number of aromatic nitrogens is 1. The highest BCUT2D eigenvalue weighted by molar-refractivity contribution is 7.22. The number of para-hydroxylation sites is 1. The second-order valence-electron chi connectivity index (χ2n) is 3.79. The van der Waals surface area contributed by atoms with E-state index in [1.165, 1.54) is 0 Å². The van der Waals surface area contributed by atoms with Gasteiger partial charge >= 0.3 is 0 Å². The van der Waals surface area contributed by atoms with Crippen molar-refractivity contribution in [3.05, 3.63) is 35.4 Å². The van der Waals surface area contributed by atoms with Crippen molar-refractivity contribution >= 4 is 38.3 Å². The van der Waals surface area contributed by atoms with E-state index < -0.39 is 0 Å². The molecule has 2 nitrogen and oxygen atoms in total. The Morgan fingerprint density at radius 3 is 3.00 bits per heavy atom. The fraction of sp³-hybridized carbons (Fsp3) is 0.250. The summed E-state index contributed by atoms with van der Waals surface area (Å²) >= 11 is 7.84. The number of thiazole rings is 1. The Kier molecular flexibility index (Phi) is 2.58. The lowest BCUT2D eigenvalue weighted by molar-refractivity contribution is 0.818. The van der Waals surface area contributed by atoms with Crippen LogP contribution in [0.5, 0.6) is 0 Å². The first-order valence-electron chi connectivity index (χ1n) is 5.29. The SMILES string of the molecule is Clc1cccc2sc(N3CC=CCC3)nc12. The number of nitrogens with zero attached hydrogens (tertiary/aromatic N) is 2. The minimum Gasteiger partial charge on any atom is -0.344 e. The molecule has 4 heteroatoms. The van der Waals surface area contributed by atoms with Crippen LogP contribution >= 0.6 is 22.9 Å². The molecule has 0 radical (unpaired) electrons. The third kappa shape index (κ3) is 1.70. The Hall–Kier alpha value is -1.06. The first-order valence-corrected chi connectivity index (χ1v) is 6.49. The molecule has 1 aliphatic rings. The minimum atomic E-state index is 0.743. The highest BCUT2D eigenvalue weighted by atomic mass is 35.5. The first-order chi connectivity index (χ1) is 7.84. The van der Waals surface area contributed by atoms with Gasteiger partial charge < -0.3 is 4.90 Å². The Balaban J connectivity index is 2.05. The molecule has 0 amide bonds. The molecule has 0 spiro atoms. The minimum absolute atomic E-state index is 0.743. The van der Waals surface area contributed by atoms with Crippen LogP contribution in [-0.2, 0) is 0 Å². The van der Waals surface area contributed by atoms with Gasteiger partial charge in [-0.15, -0.1) is 0 Å². The van der Waals surface area contributed by atoms with Crippen molar-refractivity contribution in [3.63, 3.8) is 0 Å². The predicted molar refractivity (Wildman–Crippen MR) is 70.6 cm³/mol. The van der Waals surface area contributed by atoms with Crippen molar-refractivity contribution in [2.24, 2.45) is 0 Å². The van der Waals surface area contributed by atoms with Gasteiger partial charge in [0, 0.05) is 13.1 Å². The van der Waals surface area contributed by atoms with E-state index in [-0.39, 0.29) is 0 Å². The van der Waals surface area contributed by atoms with Crippen LogP contribution in [0.15, 0.2) is 30.4 Å². The van der Waals surface area contributed by atoms with Crippen molar-refractivity contribution in [2.45, 2.75) is 6.42 Å². The molecule has 0 saturated carbocycles. The van der Waals surface area contributed by atoms with Crippen LogP contribution < -0.4 is 4.90 Å². The zero-order valence-corrected chi connectivity index (χ0v) is 10.3. The topological polar surface area (TPSA) is 16.1 Å².